The van der Waals surface area contributed by atoms with E-state index in [1.54, 1.807) is 9.80 Å². The maximum Gasteiger partial charge on any atom is 0.239 e. The van der Waals surface area contributed by atoms with E-state index in [1.165, 1.54) is 0 Å². The Bertz CT molecular complexity index is 1110. The Morgan fingerprint density at radius 1 is 0.511 bits per heavy atom. The van der Waals surface area contributed by atoms with Crippen LogP contribution in [0.2, 0.25) is 0 Å². The monoisotopic (exact) mass is 633 g/mol. The van der Waals surface area contributed by atoms with Gasteiger partial charge in [0.1, 0.15) is 39.0 Å². The van der Waals surface area contributed by atoms with Gasteiger partial charge in [-0.2, -0.15) is 0 Å². The first kappa shape index (κ1) is 31.8. The number of rotatable bonds is 15. The van der Waals surface area contributed by atoms with E-state index < -0.39 is 44.9 Å². The molecule has 12 nitrogen and oxygen atoms in total. The first-order chi connectivity index (χ1) is 21.0. The van der Waals surface area contributed by atoms with Gasteiger partial charge in [-0.1, -0.05) is 12.8 Å². The van der Waals surface area contributed by atoms with Gasteiger partial charge in [-0.15, -0.1) is 0 Å². The number of carbonyl (C=O) groups is 3. The molecule has 0 radical (unpaired) electrons. The second-order valence-corrected chi connectivity index (χ2v) is 16.7. The molecule has 7 unspecified atom stereocenters. The predicted molar refractivity (Wildman–Crippen MR) is 160 cm³/mol. The number of ether oxygens (including phenoxy) is 6. The van der Waals surface area contributed by atoms with Crippen molar-refractivity contribution in [2.24, 2.45) is 11.3 Å². The molecule has 0 spiro atoms. The zero-order valence-corrected chi connectivity index (χ0v) is 27.9. The van der Waals surface area contributed by atoms with Gasteiger partial charge in [0.2, 0.25) is 17.7 Å². The number of epoxide rings is 6. The summed E-state index contributed by atoms with van der Waals surface area (Å²) in [5.74, 6) is -1.59. The van der Waals surface area contributed by atoms with Crippen LogP contribution in [0.15, 0.2) is 0 Å². The van der Waals surface area contributed by atoms with Gasteiger partial charge >= 0.3 is 0 Å². The third kappa shape index (κ3) is 6.78. The van der Waals surface area contributed by atoms with Crippen LogP contribution in [-0.4, -0.2) is 145 Å². The molecule has 6 heterocycles. The normalized spacial score (nSPS) is 45.3. The van der Waals surface area contributed by atoms with E-state index in [0.29, 0.717) is 98.2 Å². The molecule has 1 aliphatic carbocycles. The molecule has 0 aromatic rings. The van der Waals surface area contributed by atoms with Crippen LogP contribution in [0.4, 0.5) is 0 Å². The first-order valence-electron chi connectivity index (χ1n) is 16.7. The average Bonchev–Trinajstić information content (AvgIpc) is 3.76. The molecule has 7 fully saturated rings. The number of hydrogen-bond donors (Lipinski definition) is 0. The lowest BCUT2D eigenvalue weighted by Gasteiger charge is -2.47. The van der Waals surface area contributed by atoms with Crippen molar-refractivity contribution in [3.8, 4) is 0 Å². The highest BCUT2D eigenvalue weighted by Gasteiger charge is 2.63. The third-order valence-electron chi connectivity index (χ3n) is 10.8. The molecule has 7 rings (SSSR count). The highest BCUT2D eigenvalue weighted by atomic mass is 16.6. The van der Waals surface area contributed by atoms with E-state index in [-0.39, 0.29) is 17.7 Å². The Morgan fingerprint density at radius 2 is 0.800 bits per heavy atom. The largest absolute Gasteiger partial charge is 0.368 e. The zero-order valence-electron chi connectivity index (χ0n) is 27.9. The smallest absolute Gasteiger partial charge is 0.239 e. The fourth-order valence-corrected chi connectivity index (χ4v) is 7.22. The lowest BCUT2D eigenvalue weighted by atomic mass is 9.63. The summed E-state index contributed by atoms with van der Waals surface area (Å²) in [5, 5.41) is 0. The maximum absolute atomic E-state index is 15.4. The van der Waals surface area contributed by atoms with Crippen LogP contribution in [0.3, 0.4) is 0 Å². The molecule has 1 saturated carbocycles. The van der Waals surface area contributed by atoms with Crippen molar-refractivity contribution < 1.29 is 42.8 Å². The van der Waals surface area contributed by atoms with Gasteiger partial charge in [-0.05, 0) is 54.4 Å². The van der Waals surface area contributed by atoms with Crippen molar-refractivity contribution in [3.63, 3.8) is 0 Å². The summed E-state index contributed by atoms with van der Waals surface area (Å²) < 4.78 is 34.5. The van der Waals surface area contributed by atoms with E-state index in [2.05, 4.69) is 0 Å². The SMILES string of the molecule is CC1(CN(CC2(C)CO2)C(=O)C2CCCCC2(C(=O)N(CC2(C)CO2)CC2(C)CO2)C(=O)N(CC2(C)CO2)CC2(C)CO2)CO1. The number of carbonyl (C=O) groups excluding carboxylic acids is 3. The second kappa shape index (κ2) is 10.3. The lowest BCUT2D eigenvalue weighted by molar-refractivity contribution is -0.172. The van der Waals surface area contributed by atoms with Crippen LogP contribution in [0.1, 0.15) is 67.2 Å². The fourth-order valence-electron chi connectivity index (χ4n) is 7.22. The van der Waals surface area contributed by atoms with Gasteiger partial charge in [0.15, 0.2) is 0 Å². The lowest BCUT2D eigenvalue weighted by Crippen LogP contribution is -2.64. The molecular formula is C33H51N3O9. The van der Waals surface area contributed by atoms with Gasteiger partial charge in [0.25, 0.3) is 0 Å². The molecule has 7 aliphatic rings. The molecule has 6 saturated heterocycles. The van der Waals surface area contributed by atoms with Crippen LogP contribution in [-0.2, 0) is 42.8 Å². The molecule has 7 atom stereocenters. The molecule has 6 aliphatic heterocycles. The van der Waals surface area contributed by atoms with Crippen molar-refractivity contribution in [2.75, 3.05) is 78.9 Å². The van der Waals surface area contributed by atoms with E-state index in [0.717, 1.165) is 6.42 Å². The van der Waals surface area contributed by atoms with Crippen molar-refractivity contribution >= 4 is 17.7 Å². The van der Waals surface area contributed by atoms with Gasteiger partial charge in [0.05, 0.1) is 84.8 Å². The minimum Gasteiger partial charge on any atom is -0.368 e. The summed E-state index contributed by atoms with van der Waals surface area (Å²) in [7, 11) is 0. The Balaban J connectivity index is 1.28. The average molecular weight is 634 g/mol. The van der Waals surface area contributed by atoms with Gasteiger partial charge in [-0.25, -0.2) is 0 Å². The van der Waals surface area contributed by atoms with Crippen LogP contribution in [0.25, 0.3) is 0 Å². The molecule has 0 bridgehead atoms. The fraction of sp³-hybridized carbons (Fsp3) is 0.909. The topological polar surface area (TPSA) is 136 Å². The predicted octanol–water partition coefficient (Wildman–Crippen LogP) is 1.38. The van der Waals surface area contributed by atoms with E-state index in [1.807, 2.05) is 46.4 Å². The van der Waals surface area contributed by atoms with Crippen LogP contribution < -0.4 is 0 Å². The summed E-state index contributed by atoms with van der Waals surface area (Å²) in [6, 6.07) is 0. The first-order valence-corrected chi connectivity index (χ1v) is 16.7. The molecule has 3 amide bonds. The summed E-state index contributed by atoms with van der Waals surface area (Å²) in [6.07, 6.45) is 2.19. The highest BCUT2D eigenvalue weighted by molar-refractivity contribution is 6.09. The van der Waals surface area contributed by atoms with Crippen molar-refractivity contribution in [2.45, 2.75) is 101 Å². The summed E-state index contributed by atoms with van der Waals surface area (Å²) in [6.45, 7) is 17.4. The quantitative estimate of drug-likeness (QED) is 0.194. The van der Waals surface area contributed by atoms with E-state index >= 15 is 9.59 Å². The van der Waals surface area contributed by atoms with E-state index in [9.17, 15) is 4.79 Å². The molecule has 0 aromatic carbocycles. The summed E-state index contributed by atoms with van der Waals surface area (Å²) >= 11 is 0. The zero-order chi connectivity index (χ0) is 32.1. The minimum atomic E-state index is -1.59. The summed E-state index contributed by atoms with van der Waals surface area (Å²) in [4.78, 5) is 51.0. The second-order valence-electron chi connectivity index (χ2n) is 16.7. The Kier molecular flexibility index (Phi) is 7.29. The van der Waals surface area contributed by atoms with Gasteiger partial charge in [0, 0.05) is 0 Å². The Labute approximate surface area is 266 Å². The molecule has 12 heteroatoms. The highest BCUT2D eigenvalue weighted by Crippen LogP contribution is 2.49. The van der Waals surface area contributed by atoms with Crippen LogP contribution >= 0.6 is 0 Å². The van der Waals surface area contributed by atoms with Crippen molar-refractivity contribution in [1.29, 1.82) is 0 Å². The Hall–Kier alpha value is -1.83. The summed E-state index contributed by atoms with van der Waals surface area (Å²) in [5.41, 5.74) is -4.38. The third-order valence-corrected chi connectivity index (χ3v) is 10.8. The molecule has 0 aromatic heterocycles. The molecule has 0 N–H and O–H groups in total. The Morgan fingerprint density at radius 3 is 1.09 bits per heavy atom. The molecular weight excluding hydrogens is 582 g/mol. The number of nitrogens with zero attached hydrogens (tertiary/aromatic N) is 3. The van der Waals surface area contributed by atoms with Gasteiger partial charge < -0.3 is 43.1 Å². The van der Waals surface area contributed by atoms with E-state index in [4.69, 9.17) is 28.4 Å². The molecule has 45 heavy (non-hydrogen) atoms. The van der Waals surface area contributed by atoms with Gasteiger partial charge in [-0.3, -0.25) is 14.4 Å². The minimum absolute atomic E-state index is 0.171. The number of hydrogen-bond acceptors (Lipinski definition) is 9. The van der Waals surface area contributed by atoms with Crippen LogP contribution in [0, 0.1) is 11.3 Å². The molecule has 252 valence electrons. The number of amides is 3. The standard InChI is InChI=1S/C33H51N3O9/c1-27(17-40-27)11-34(12-28(2)18-41-28)24(37)23-9-7-8-10-33(23,25(38)35(13-29(3)19-42-29)14-30(4)20-43-30)26(39)36(15-31(5)21-44-31)16-32(6)22-45-32/h23H,7-22H2,1-6H3. The van der Waals surface area contributed by atoms with Crippen molar-refractivity contribution in [1.82, 2.24) is 14.7 Å². The van der Waals surface area contributed by atoms with Crippen molar-refractivity contribution in [3.05, 3.63) is 0 Å². The maximum atomic E-state index is 15.4. The van der Waals surface area contributed by atoms with Crippen LogP contribution in [0.5, 0.6) is 0 Å².